The van der Waals surface area contributed by atoms with Gasteiger partial charge in [-0.2, -0.15) is 0 Å². The molecule has 0 aliphatic rings. The molecule has 0 aromatic rings. The first-order valence-electron chi connectivity index (χ1n) is 12.3. The zero-order chi connectivity index (χ0) is 27.8. The maximum absolute atomic E-state index is 10.7. The van der Waals surface area contributed by atoms with E-state index in [9.17, 15) is 19.2 Å². The van der Waals surface area contributed by atoms with Gasteiger partial charge in [0.2, 0.25) is 0 Å². The Balaban J connectivity index is 4.94. The third-order valence-electron chi connectivity index (χ3n) is 3.76. The fraction of sp³-hybridized carbons (Fsp3) is 0.810. The second-order valence-corrected chi connectivity index (χ2v) is 6.50. The summed E-state index contributed by atoms with van der Waals surface area (Å²) in [6.45, 7) is -0.456. The van der Waals surface area contributed by atoms with Gasteiger partial charge in [-0.1, -0.05) is 0 Å². The molecule has 0 saturated heterocycles. The predicted octanol–water partition coefficient (Wildman–Crippen LogP) is -1.10. The Morgan fingerprint density at radius 2 is 0.636 bits per heavy atom. The third kappa shape index (κ3) is 20.7. The highest BCUT2D eigenvalue weighted by Gasteiger charge is 2.32. The third-order valence-corrected chi connectivity index (χ3v) is 3.76. The largest absolute Gasteiger partial charge is 0.378 e. The van der Waals surface area contributed by atoms with Crippen LogP contribution in [0.15, 0.2) is 0 Å². The quantitative estimate of drug-likeness (QED) is 0.0982. The van der Waals surface area contributed by atoms with E-state index >= 15 is 0 Å². The molecule has 192 valence electrons. The Hall–Kier alpha value is -1.64. The van der Waals surface area contributed by atoms with Gasteiger partial charge < -0.3 is 57.1 Å². The van der Waals surface area contributed by atoms with Gasteiger partial charge in [-0.05, 0) is 0 Å². The van der Waals surface area contributed by atoms with Crippen LogP contribution in [0.3, 0.4) is 0 Å². The van der Waals surface area contributed by atoms with E-state index in [1.54, 1.807) is 0 Å². The molecule has 0 unspecified atom stereocenters. The van der Waals surface area contributed by atoms with Gasteiger partial charge in [0.25, 0.3) is 0 Å². The lowest BCUT2D eigenvalue weighted by Crippen LogP contribution is -2.43. The fourth-order valence-electron chi connectivity index (χ4n) is 2.33. The molecular formula is C21H36O12. The van der Waals surface area contributed by atoms with Gasteiger partial charge in [0.1, 0.15) is 57.0 Å². The summed E-state index contributed by atoms with van der Waals surface area (Å²) in [4.78, 5) is 42.6. The Kier molecular flexibility index (Phi) is 18.5. The van der Waals surface area contributed by atoms with Crippen LogP contribution in [-0.2, 0) is 57.1 Å². The highest BCUT2D eigenvalue weighted by Crippen LogP contribution is 2.21. The van der Waals surface area contributed by atoms with Crippen LogP contribution in [0.25, 0.3) is 0 Å². The molecule has 12 heteroatoms. The molecule has 0 atom stereocenters. The second-order valence-electron chi connectivity index (χ2n) is 6.50. The molecule has 0 aliphatic carbocycles. The number of aldehydes is 4. The first kappa shape index (κ1) is 24.5. The topological polar surface area (TPSA) is 142 Å². The van der Waals surface area contributed by atoms with Crippen LogP contribution in [0.2, 0.25) is 0 Å². The Morgan fingerprint density at radius 3 is 0.848 bits per heavy atom. The van der Waals surface area contributed by atoms with Crippen molar-refractivity contribution in [1.82, 2.24) is 0 Å². The van der Waals surface area contributed by atoms with Crippen molar-refractivity contribution in [3.8, 4) is 0 Å². The van der Waals surface area contributed by atoms with Crippen molar-refractivity contribution in [3.05, 3.63) is 0 Å². The monoisotopic (exact) mass is 484 g/mol. The molecule has 0 fully saturated rings. The van der Waals surface area contributed by atoms with E-state index in [4.69, 9.17) is 43.4 Å². The van der Waals surface area contributed by atoms with Crippen molar-refractivity contribution < 1.29 is 62.6 Å². The van der Waals surface area contributed by atoms with Gasteiger partial charge in [0.05, 0.1) is 84.7 Å². The minimum Gasteiger partial charge on any atom is -0.378 e. The minimum absolute atomic E-state index is 0.0649. The normalized spacial score (nSPS) is 13.1. The van der Waals surface area contributed by atoms with Gasteiger partial charge in [-0.25, -0.2) is 0 Å². The molecule has 0 heterocycles. The lowest BCUT2D eigenvalue weighted by atomic mass is 9.92. The molecule has 0 N–H and O–H groups in total. The molecule has 0 rings (SSSR count). The van der Waals surface area contributed by atoms with Crippen LogP contribution in [0.4, 0.5) is 0 Å². The number of carbonyl (C=O) groups excluding carboxylic acids is 4. The van der Waals surface area contributed by atoms with E-state index in [0.29, 0.717) is 0 Å². The summed E-state index contributed by atoms with van der Waals surface area (Å²) in [6.07, 6.45) is -3.43. The Bertz CT molecular complexity index is 544. The second kappa shape index (κ2) is 25.0. The standard InChI is InChI=1S/C21H36O12/c22-1-5-26-9-13-30-17-21(18-31-14-10-27-6-2-23,19-32-15-11-28-7-3-24)20-33-16-12-29-8-4-25/h1-4H,5-20H2/i1D,2D,3D,4D. The summed E-state index contributed by atoms with van der Waals surface area (Å²) < 4.78 is 70.0. The molecule has 33 heavy (non-hydrogen) atoms. The number of hydrogen-bond acceptors (Lipinski definition) is 12. The number of carbonyl (C=O) groups is 4. The van der Waals surface area contributed by atoms with Crippen molar-refractivity contribution in [1.29, 1.82) is 0 Å². The molecule has 0 radical (unpaired) electrons. The summed E-state index contributed by atoms with van der Waals surface area (Å²) in [5.74, 6) is 0. The van der Waals surface area contributed by atoms with Crippen LogP contribution >= 0.6 is 0 Å². The average Bonchev–Trinajstić information content (AvgIpc) is 2.82. The predicted molar refractivity (Wildman–Crippen MR) is 113 cm³/mol. The molecule has 0 spiro atoms. The van der Waals surface area contributed by atoms with E-state index in [1.165, 1.54) is 0 Å². The van der Waals surface area contributed by atoms with Crippen molar-refractivity contribution in [2.75, 3.05) is 106 Å². The molecule has 0 aliphatic heterocycles. The van der Waals surface area contributed by atoms with E-state index < -0.39 is 30.5 Å². The van der Waals surface area contributed by atoms with Gasteiger partial charge in [-0.3, -0.25) is 0 Å². The van der Waals surface area contributed by atoms with Gasteiger partial charge in [0.15, 0.2) is 0 Å². The average molecular weight is 485 g/mol. The van der Waals surface area contributed by atoms with Crippen LogP contribution < -0.4 is 0 Å². The van der Waals surface area contributed by atoms with Crippen LogP contribution in [-0.4, -0.2) is 131 Å². The van der Waals surface area contributed by atoms with Crippen molar-refractivity contribution in [2.24, 2.45) is 5.41 Å². The van der Waals surface area contributed by atoms with E-state index in [-0.39, 0.29) is 106 Å². The van der Waals surface area contributed by atoms with Crippen LogP contribution in [0.5, 0.6) is 0 Å². The number of ether oxygens (including phenoxy) is 8. The summed E-state index contributed by atoms with van der Waals surface area (Å²) in [5, 5.41) is 0. The van der Waals surface area contributed by atoms with Crippen LogP contribution in [0, 0.1) is 5.41 Å². The van der Waals surface area contributed by atoms with Gasteiger partial charge in [0, 0.05) is 0 Å². The number of rotatable bonds is 28. The highest BCUT2D eigenvalue weighted by molar-refractivity contribution is 5.51. The number of hydrogen-bond donors (Lipinski definition) is 0. The summed E-state index contributed by atoms with van der Waals surface area (Å²) >= 11 is 0. The van der Waals surface area contributed by atoms with E-state index in [0.717, 1.165) is 0 Å². The summed E-state index contributed by atoms with van der Waals surface area (Å²) in [5.41, 5.74) is -0.868. The first-order valence-corrected chi connectivity index (χ1v) is 10.3. The van der Waals surface area contributed by atoms with E-state index in [1.807, 2.05) is 0 Å². The highest BCUT2D eigenvalue weighted by atomic mass is 16.6. The fourth-order valence-corrected chi connectivity index (χ4v) is 2.33. The summed E-state index contributed by atoms with van der Waals surface area (Å²) in [7, 11) is 0. The molecule has 0 amide bonds. The van der Waals surface area contributed by atoms with Crippen molar-refractivity contribution >= 4 is 25.0 Å². The smallest absolute Gasteiger partial charge is 0.145 e. The lowest BCUT2D eigenvalue weighted by molar-refractivity contribution is -0.125. The molecule has 0 bridgehead atoms. The first-order chi connectivity index (χ1) is 17.7. The van der Waals surface area contributed by atoms with Crippen LogP contribution in [0.1, 0.15) is 5.48 Å². The summed E-state index contributed by atoms with van der Waals surface area (Å²) in [6, 6.07) is 0. The molecule has 12 nitrogen and oxygen atoms in total. The molecule has 0 aromatic heterocycles. The zero-order valence-electron chi connectivity index (χ0n) is 22.7. The maximum atomic E-state index is 10.7. The molecule has 0 saturated carbocycles. The molecular weight excluding hydrogens is 444 g/mol. The van der Waals surface area contributed by atoms with E-state index in [2.05, 4.69) is 0 Å². The zero-order valence-corrected chi connectivity index (χ0v) is 18.7. The van der Waals surface area contributed by atoms with Crippen molar-refractivity contribution in [3.63, 3.8) is 0 Å². The minimum atomic E-state index is -0.868. The Morgan fingerprint density at radius 1 is 0.424 bits per heavy atom. The maximum Gasteiger partial charge on any atom is 0.145 e. The van der Waals surface area contributed by atoms with Crippen molar-refractivity contribution in [2.45, 2.75) is 0 Å². The van der Waals surface area contributed by atoms with Gasteiger partial charge >= 0.3 is 0 Å². The molecule has 0 aromatic carbocycles. The van der Waals surface area contributed by atoms with Gasteiger partial charge in [-0.15, -0.1) is 0 Å². The lowest BCUT2D eigenvalue weighted by Gasteiger charge is -2.33. The SMILES string of the molecule is [2H]C(=O)COCCOCC(COCCOCC([2H])=O)(COCCOCC([2H])=O)COCCOCC([2H])=O. The Labute approximate surface area is 199 Å².